The number of halogens is 1. The van der Waals surface area contributed by atoms with Gasteiger partial charge in [0.1, 0.15) is 0 Å². The van der Waals surface area contributed by atoms with Gasteiger partial charge in [0, 0.05) is 0 Å². The number of nitrogens with zero attached hydrogens (tertiary/aromatic N) is 1. The van der Waals surface area contributed by atoms with Gasteiger partial charge in [-0.3, -0.25) is 0 Å². The van der Waals surface area contributed by atoms with Gasteiger partial charge in [-0.1, -0.05) is 28.1 Å². The van der Waals surface area contributed by atoms with E-state index in [0.29, 0.717) is 5.56 Å². The number of hydrogen-bond donors (Lipinski definition) is 0. The van der Waals surface area contributed by atoms with E-state index in [9.17, 15) is 0 Å². The lowest BCUT2D eigenvalue weighted by molar-refractivity contribution is 1.48. The summed E-state index contributed by atoms with van der Waals surface area (Å²) in [6, 6.07) is 9.45. The minimum Gasteiger partial charge on any atom is -0.192 e. The summed E-state index contributed by atoms with van der Waals surface area (Å²) in [5.74, 6) is 0. The van der Waals surface area contributed by atoms with Gasteiger partial charge in [-0.05, 0) is 28.8 Å². The molecule has 1 aromatic carbocycles. The normalized spacial score (nSPS) is 9.82. The minimum absolute atomic E-state index is 0.691. The van der Waals surface area contributed by atoms with E-state index in [4.69, 9.17) is 5.26 Å². The Morgan fingerprint density at radius 1 is 1.27 bits per heavy atom. The van der Waals surface area contributed by atoms with Crippen molar-refractivity contribution in [3.05, 3.63) is 40.4 Å². The van der Waals surface area contributed by atoms with Crippen molar-refractivity contribution in [2.75, 3.05) is 0 Å². The predicted octanol–water partition coefficient (Wildman–Crippen LogP) is 2.92. The summed E-state index contributed by atoms with van der Waals surface area (Å²) in [5, 5.41) is 8.48. The van der Waals surface area contributed by atoms with Gasteiger partial charge in [-0.2, -0.15) is 5.26 Å². The van der Waals surface area contributed by atoms with Gasteiger partial charge in [0.2, 0.25) is 0 Å². The fourth-order valence-electron chi connectivity index (χ4n) is 0.742. The number of benzene rings is 1. The van der Waals surface area contributed by atoms with Gasteiger partial charge in [0.05, 0.1) is 11.6 Å². The van der Waals surface area contributed by atoms with E-state index in [2.05, 4.69) is 22.0 Å². The molecule has 0 aliphatic carbocycles. The molecule has 1 nitrogen and oxygen atoms in total. The standard InChI is InChI=1S/C9H6BrN/c10-6-5-8-1-3-9(7-11)4-2-8/h1-6H/b6-5-. The molecule has 0 aliphatic heterocycles. The van der Waals surface area contributed by atoms with Gasteiger partial charge in [-0.25, -0.2) is 0 Å². The van der Waals surface area contributed by atoms with Crippen molar-refractivity contribution in [1.29, 1.82) is 5.26 Å². The molecule has 54 valence electrons. The van der Waals surface area contributed by atoms with Crippen molar-refractivity contribution in [3.63, 3.8) is 0 Å². The maximum atomic E-state index is 8.48. The van der Waals surface area contributed by atoms with E-state index in [-0.39, 0.29) is 0 Å². The topological polar surface area (TPSA) is 23.8 Å². The highest BCUT2D eigenvalue weighted by Gasteiger charge is 1.87. The SMILES string of the molecule is N#Cc1ccc(/C=C\Br)cc1. The Morgan fingerprint density at radius 2 is 1.91 bits per heavy atom. The summed E-state index contributed by atoms with van der Waals surface area (Å²) in [7, 11) is 0. The average molecular weight is 208 g/mol. The molecule has 0 bridgehead atoms. The second-order valence-electron chi connectivity index (χ2n) is 2.03. The summed E-state index contributed by atoms with van der Waals surface area (Å²) in [4.78, 5) is 1.79. The van der Waals surface area contributed by atoms with E-state index in [0.717, 1.165) is 5.56 Å². The van der Waals surface area contributed by atoms with Crippen LogP contribution in [0.5, 0.6) is 0 Å². The molecular weight excluding hydrogens is 202 g/mol. The van der Waals surface area contributed by atoms with Gasteiger partial charge < -0.3 is 0 Å². The van der Waals surface area contributed by atoms with Crippen LogP contribution in [0.15, 0.2) is 29.3 Å². The Balaban J connectivity index is 2.94. The first-order valence-corrected chi connectivity index (χ1v) is 4.05. The maximum Gasteiger partial charge on any atom is 0.0991 e. The third-order valence-electron chi connectivity index (χ3n) is 1.30. The van der Waals surface area contributed by atoms with Crippen LogP contribution in [0.1, 0.15) is 11.1 Å². The van der Waals surface area contributed by atoms with Gasteiger partial charge in [-0.15, -0.1) is 0 Å². The van der Waals surface area contributed by atoms with Crippen LogP contribution in [0.3, 0.4) is 0 Å². The first kappa shape index (κ1) is 8.03. The van der Waals surface area contributed by atoms with Crippen molar-refractivity contribution in [3.8, 4) is 6.07 Å². The number of nitriles is 1. The molecule has 1 rings (SSSR count). The molecule has 0 atom stereocenters. The minimum atomic E-state index is 0.691. The summed E-state index contributed by atoms with van der Waals surface area (Å²) >= 11 is 3.18. The van der Waals surface area contributed by atoms with E-state index < -0.39 is 0 Å². The van der Waals surface area contributed by atoms with E-state index >= 15 is 0 Å². The van der Waals surface area contributed by atoms with Crippen LogP contribution in [-0.4, -0.2) is 0 Å². The zero-order chi connectivity index (χ0) is 8.10. The van der Waals surface area contributed by atoms with Gasteiger partial charge in [0.25, 0.3) is 0 Å². The molecule has 0 aromatic heterocycles. The third kappa shape index (κ3) is 2.21. The smallest absolute Gasteiger partial charge is 0.0991 e. The fourth-order valence-corrected chi connectivity index (χ4v) is 1.05. The summed E-state index contributed by atoms with van der Waals surface area (Å²) in [6.07, 6.45) is 1.92. The van der Waals surface area contributed by atoms with E-state index in [1.807, 2.05) is 18.2 Å². The molecule has 0 N–H and O–H groups in total. The molecule has 0 saturated heterocycles. The van der Waals surface area contributed by atoms with Crippen molar-refractivity contribution in [2.45, 2.75) is 0 Å². The van der Waals surface area contributed by atoms with Crippen LogP contribution in [0.25, 0.3) is 6.08 Å². The Hall–Kier alpha value is -1.07. The summed E-state index contributed by atoms with van der Waals surface area (Å²) < 4.78 is 0. The van der Waals surface area contributed by atoms with Crippen LogP contribution < -0.4 is 0 Å². The highest BCUT2D eigenvalue weighted by atomic mass is 79.9. The molecule has 11 heavy (non-hydrogen) atoms. The Kier molecular flexibility index (Phi) is 2.88. The largest absolute Gasteiger partial charge is 0.192 e. The van der Waals surface area contributed by atoms with Crippen molar-refractivity contribution < 1.29 is 0 Å². The van der Waals surface area contributed by atoms with Crippen molar-refractivity contribution >= 4 is 22.0 Å². The lowest BCUT2D eigenvalue weighted by Gasteiger charge is -1.90. The fraction of sp³-hybridized carbons (Fsp3) is 0. The lowest BCUT2D eigenvalue weighted by atomic mass is 10.1. The van der Waals surface area contributed by atoms with Crippen molar-refractivity contribution in [2.24, 2.45) is 0 Å². The molecule has 0 unspecified atom stereocenters. The van der Waals surface area contributed by atoms with Crippen LogP contribution in [-0.2, 0) is 0 Å². The molecule has 0 heterocycles. The van der Waals surface area contributed by atoms with Crippen LogP contribution >= 0.6 is 15.9 Å². The quantitative estimate of drug-likeness (QED) is 0.695. The van der Waals surface area contributed by atoms with Crippen molar-refractivity contribution in [1.82, 2.24) is 0 Å². The molecular formula is C9H6BrN. The monoisotopic (exact) mass is 207 g/mol. The zero-order valence-corrected chi connectivity index (χ0v) is 7.38. The van der Waals surface area contributed by atoms with Crippen LogP contribution in [0.4, 0.5) is 0 Å². The number of hydrogen-bond acceptors (Lipinski definition) is 1. The van der Waals surface area contributed by atoms with E-state index in [1.165, 1.54) is 0 Å². The second-order valence-corrected chi connectivity index (χ2v) is 2.56. The molecule has 0 fully saturated rings. The van der Waals surface area contributed by atoms with Gasteiger partial charge in [0.15, 0.2) is 0 Å². The third-order valence-corrected chi connectivity index (χ3v) is 1.56. The summed E-state index contributed by atoms with van der Waals surface area (Å²) in [6.45, 7) is 0. The lowest BCUT2D eigenvalue weighted by Crippen LogP contribution is -1.73. The Morgan fingerprint density at radius 3 is 2.36 bits per heavy atom. The summed E-state index contributed by atoms with van der Waals surface area (Å²) in [5.41, 5.74) is 1.78. The molecule has 0 saturated carbocycles. The zero-order valence-electron chi connectivity index (χ0n) is 5.79. The Bertz CT molecular complexity index is 292. The molecule has 2 heteroatoms. The molecule has 0 spiro atoms. The second kappa shape index (κ2) is 3.95. The first-order chi connectivity index (χ1) is 5.36. The molecule has 1 aromatic rings. The molecule has 0 aliphatic rings. The predicted molar refractivity (Wildman–Crippen MR) is 49.1 cm³/mol. The highest BCUT2D eigenvalue weighted by Crippen LogP contribution is 2.05. The van der Waals surface area contributed by atoms with Gasteiger partial charge >= 0.3 is 0 Å². The Labute approximate surface area is 74.1 Å². The van der Waals surface area contributed by atoms with Crippen LogP contribution in [0, 0.1) is 11.3 Å². The maximum absolute atomic E-state index is 8.48. The highest BCUT2D eigenvalue weighted by molar-refractivity contribution is 9.11. The first-order valence-electron chi connectivity index (χ1n) is 3.14. The van der Waals surface area contributed by atoms with Crippen LogP contribution in [0.2, 0.25) is 0 Å². The molecule has 0 radical (unpaired) electrons. The average Bonchev–Trinajstić information content (AvgIpc) is 2.07. The van der Waals surface area contributed by atoms with E-state index in [1.54, 1.807) is 17.1 Å². The number of rotatable bonds is 1. The molecule has 0 amide bonds.